The fourth-order valence-electron chi connectivity index (χ4n) is 2.34. The lowest BCUT2D eigenvalue weighted by Gasteiger charge is -2.29. The molecule has 4 N–H and O–H groups in total. The molecule has 1 heterocycles. The van der Waals surface area contributed by atoms with Gasteiger partial charge in [0.25, 0.3) is 0 Å². The fourth-order valence-corrected chi connectivity index (χ4v) is 2.34. The Labute approximate surface area is 104 Å². The third kappa shape index (κ3) is 3.51. The van der Waals surface area contributed by atoms with Gasteiger partial charge >= 0.3 is 0 Å². The van der Waals surface area contributed by atoms with Gasteiger partial charge in [-0.1, -0.05) is 0 Å². The van der Waals surface area contributed by atoms with Crippen LogP contribution < -0.4 is 11.1 Å². The number of nitrogens with two attached hydrogens (primary N) is 1. The van der Waals surface area contributed by atoms with E-state index in [1.165, 1.54) is 18.5 Å². The van der Waals surface area contributed by atoms with Crippen molar-refractivity contribution in [2.45, 2.75) is 50.7 Å². The molecule has 0 aromatic carbocycles. The molecule has 1 saturated carbocycles. The van der Waals surface area contributed by atoms with E-state index in [0.29, 0.717) is 18.1 Å². The molecule has 0 saturated heterocycles. The minimum absolute atomic E-state index is 0. The molecular weight excluding hydrogens is 222 g/mol. The third-order valence-electron chi connectivity index (χ3n) is 3.35. The van der Waals surface area contributed by atoms with E-state index in [4.69, 9.17) is 5.73 Å². The van der Waals surface area contributed by atoms with Crippen molar-refractivity contribution in [2.75, 3.05) is 0 Å². The lowest BCUT2D eigenvalue weighted by Crippen LogP contribution is -2.38. The average molecular weight is 244 g/mol. The van der Waals surface area contributed by atoms with Gasteiger partial charge in [-0.3, -0.25) is 0 Å². The predicted molar refractivity (Wildman–Crippen MR) is 69.8 cm³/mol. The van der Waals surface area contributed by atoms with Crippen LogP contribution in [0.4, 0.5) is 0 Å². The van der Waals surface area contributed by atoms with Gasteiger partial charge in [0.2, 0.25) is 0 Å². The topological polar surface area (TPSA) is 53.8 Å². The molecule has 1 unspecified atom stereocenters. The van der Waals surface area contributed by atoms with E-state index in [9.17, 15) is 0 Å². The molecule has 0 aliphatic heterocycles. The van der Waals surface area contributed by atoms with Gasteiger partial charge in [0, 0.05) is 30.0 Å². The molecule has 2 rings (SSSR count). The molecule has 1 aliphatic rings. The van der Waals surface area contributed by atoms with Gasteiger partial charge in [-0.25, -0.2) is 0 Å². The first-order valence-electron chi connectivity index (χ1n) is 5.90. The molecule has 1 atom stereocenters. The molecule has 0 bridgehead atoms. The van der Waals surface area contributed by atoms with Crippen molar-refractivity contribution in [1.29, 1.82) is 0 Å². The first-order chi connectivity index (χ1) is 7.25. The summed E-state index contributed by atoms with van der Waals surface area (Å²) >= 11 is 0. The first-order valence-corrected chi connectivity index (χ1v) is 5.90. The van der Waals surface area contributed by atoms with Crippen LogP contribution >= 0.6 is 12.4 Å². The van der Waals surface area contributed by atoms with Gasteiger partial charge in [-0.15, -0.1) is 12.4 Å². The second-order valence-electron chi connectivity index (χ2n) is 4.63. The number of aromatic nitrogens is 1. The minimum Gasteiger partial charge on any atom is -0.364 e. The van der Waals surface area contributed by atoms with Crippen molar-refractivity contribution in [1.82, 2.24) is 10.3 Å². The third-order valence-corrected chi connectivity index (χ3v) is 3.35. The Kier molecular flexibility index (Phi) is 5.32. The van der Waals surface area contributed by atoms with Crippen LogP contribution in [0.3, 0.4) is 0 Å². The number of hydrogen-bond acceptors (Lipinski definition) is 2. The van der Waals surface area contributed by atoms with Crippen molar-refractivity contribution >= 4 is 12.4 Å². The van der Waals surface area contributed by atoms with Crippen LogP contribution in [0.25, 0.3) is 0 Å². The smallest absolute Gasteiger partial charge is 0.0446 e. The maximum absolute atomic E-state index is 5.89. The SMILES string of the molecule is CC(NC1CCC(N)CC1)c1ccc[nH]1.Cl. The van der Waals surface area contributed by atoms with Gasteiger partial charge in [0.15, 0.2) is 0 Å². The lowest BCUT2D eigenvalue weighted by molar-refractivity contribution is 0.320. The molecule has 0 spiro atoms. The van der Waals surface area contributed by atoms with Gasteiger partial charge in [-0.05, 0) is 44.7 Å². The summed E-state index contributed by atoms with van der Waals surface area (Å²) in [4.78, 5) is 3.25. The summed E-state index contributed by atoms with van der Waals surface area (Å²) in [5, 5.41) is 3.65. The number of hydrogen-bond donors (Lipinski definition) is 3. The molecule has 3 nitrogen and oxygen atoms in total. The van der Waals surface area contributed by atoms with E-state index in [1.807, 2.05) is 12.3 Å². The molecule has 0 amide bonds. The summed E-state index contributed by atoms with van der Waals surface area (Å²) in [5.74, 6) is 0. The Morgan fingerprint density at radius 2 is 2.06 bits per heavy atom. The maximum Gasteiger partial charge on any atom is 0.0446 e. The standard InChI is InChI=1S/C12H21N3.ClH/c1-9(12-3-2-8-14-12)15-11-6-4-10(13)5-7-11;/h2-3,8-11,14-15H,4-7,13H2,1H3;1H. The van der Waals surface area contributed by atoms with Gasteiger partial charge < -0.3 is 16.0 Å². The van der Waals surface area contributed by atoms with E-state index in [1.54, 1.807) is 0 Å². The maximum atomic E-state index is 5.89. The summed E-state index contributed by atoms with van der Waals surface area (Å²) in [6.07, 6.45) is 6.73. The van der Waals surface area contributed by atoms with Crippen LogP contribution in [-0.2, 0) is 0 Å². The predicted octanol–water partition coefficient (Wildman–Crippen LogP) is 2.36. The van der Waals surface area contributed by atoms with E-state index < -0.39 is 0 Å². The summed E-state index contributed by atoms with van der Waals surface area (Å²) < 4.78 is 0. The quantitative estimate of drug-likeness (QED) is 0.764. The number of H-pyrrole nitrogens is 1. The Morgan fingerprint density at radius 1 is 1.38 bits per heavy atom. The Hall–Kier alpha value is -0.510. The number of halogens is 1. The molecule has 0 radical (unpaired) electrons. The zero-order chi connectivity index (χ0) is 10.7. The summed E-state index contributed by atoms with van der Waals surface area (Å²) in [5.41, 5.74) is 7.16. The zero-order valence-electron chi connectivity index (χ0n) is 9.78. The van der Waals surface area contributed by atoms with Crippen molar-refractivity contribution in [3.8, 4) is 0 Å². The first kappa shape index (κ1) is 13.6. The van der Waals surface area contributed by atoms with E-state index >= 15 is 0 Å². The van der Waals surface area contributed by atoms with Crippen LogP contribution in [-0.4, -0.2) is 17.1 Å². The van der Waals surface area contributed by atoms with Crippen molar-refractivity contribution in [3.05, 3.63) is 24.0 Å². The summed E-state index contributed by atoms with van der Waals surface area (Å²) in [6, 6.07) is 5.67. The highest BCUT2D eigenvalue weighted by atomic mass is 35.5. The number of rotatable bonds is 3. The van der Waals surface area contributed by atoms with Crippen LogP contribution in [0, 0.1) is 0 Å². The minimum atomic E-state index is 0. The van der Waals surface area contributed by atoms with E-state index in [-0.39, 0.29) is 12.4 Å². The Bertz CT molecular complexity index is 278. The molecule has 1 aromatic rings. The van der Waals surface area contributed by atoms with Gasteiger partial charge in [0.05, 0.1) is 0 Å². The van der Waals surface area contributed by atoms with Crippen molar-refractivity contribution < 1.29 is 0 Å². The van der Waals surface area contributed by atoms with Crippen molar-refractivity contribution in [3.63, 3.8) is 0 Å². The molecule has 92 valence electrons. The Balaban J connectivity index is 0.00000128. The second-order valence-corrected chi connectivity index (χ2v) is 4.63. The molecular formula is C12H22ClN3. The van der Waals surface area contributed by atoms with E-state index in [2.05, 4.69) is 23.3 Å². The highest BCUT2D eigenvalue weighted by molar-refractivity contribution is 5.85. The number of nitrogens with one attached hydrogen (secondary N) is 2. The van der Waals surface area contributed by atoms with Gasteiger partial charge in [0.1, 0.15) is 0 Å². The van der Waals surface area contributed by atoms with Gasteiger partial charge in [-0.2, -0.15) is 0 Å². The van der Waals surface area contributed by atoms with Crippen molar-refractivity contribution in [2.24, 2.45) is 5.73 Å². The van der Waals surface area contributed by atoms with Crippen LogP contribution in [0.5, 0.6) is 0 Å². The largest absolute Gasteiger partial charge is 0.364 e. The highest BCUT2D eigenvalue weighted by Gasteiger charge is 2.20. The number of aromatic amines is 1. The molecule has 1 fully saturated rings. The highest BCUT2D eigenvalue weighted by Crippen LogP contribution is 2.20. The molecule has 1 aromatic heterocycles. The molecule has 4 heteroatoms. The van der Waals surface area contributed by atoms with Crippen LogP contribution in [0.15, 0.2) is 18.3 Å². The summed E-state index contributed by atoms with van der Waals surface area (Å²) in [7, 11) is 0. The molecule has 16 heavy (non-hydrogen) atoms. The fraction of sp³-hybridized carbons (Fsp3) is 0.667. The van der Waals surface area contributed by atoms with Crippen LogP contribution in [0.2, 0.25) is 0 Å². The summed E-state index contributed by atoms with van der Waals surface area (Å²) in [6.45, 7) is 2.21. The molecule has 1 aliphatic carbocycles. The normalized spacial score (nSPS) is 27.1. The van der Waals surface area contributed by atoms with E-state index in [0.717, 1.165) is 12.8 Å². The lowest BCUT2D eigenvalue weighted by atomic mass is 9.91. The van der Waals surface area contributed by atoms with Crippen LogP contribution in [0.1, 0.15) is 44.3 Å². The average Bonchev–Trinajstić information content (AvgIpc) is 2.74. The zero-order valence-corrected chi connectivity index (χ0v) is 10.6. The second kappa shape index (κ2) is 6.28. The monoisotopic (exact) mass is 243 g/mol. The Morgan fingerprint density at radius 3 is 2.62 bits per heavy atom.